The van der Waals surface area contributed by atoms with Crippen LogP contribution in [0.4, 0.5) is 0 Å². The predicted octanol–water partition coefficient (Wildman–Crippen LogP) is 2.89. The quantitative estimate of drug-likeness (QED) is 0.829. The number of ether oxygens (including phenoxy) is 1. The predicted molar refractivity (Wildman–Crippen MR) is 74.1 cm³/mol. The van der Waals surface area contributed by atoms with Gasteiger partial charge in [0.25, 0.3) is 0 Å². The van der Waals surface area contributed by atoms with E-state index >= 15 is 0 Å². The molecule has 0 atom stereocenters. The number of methoxy groups -OCH3 is 1. The van der Waals surface area contributed by atoms with Gasteiger partial charge in [0.15, 0.2) is 5.69 Å². The van der Waals surface area contributed by atoms with Crippen molar-refractivity contribution in [3.05, 3.63) is 34.8 Å². The third-order valence-electron chi connectivity index (χ3n) is 3.33. The van der Waals surface area contributed by atoms with Crippen molar-refractivity contribution in [2.75, 3.05) is 7.11 Å². The number of nitrogens with zero attached hydrogens (tertiary/aromatic N) is 3. The molecule has 0 fully saturated rings. The minimum Gasteiger partial charge on any atom is -0.496 e. The summed E-state index contributed by atoms with van der Waals surface area (Å²) < 4.78 is 7.40. The highest BCUT2D eigenvalue weighted by Gasteiger charge is 2.19. The Morgan fingerprint density at radius 1 is 1.26 bits per heavy atom. The van der Waals surface area contributed by atoms with Gasteiger partial charge in [-0.2, -0.15) is 5.26 Å². The van der Waals surface area contributed by atoms with Crippen molar-refractivity contribution >= 4 is 0 Å². The van der Waals surface area contributed by atoms with Crippen LogP contribution < -0.4 is 4.74 Å². The molecule has 0 bridgehead atoms. The molecule has 2 rings (SSSR count). The second-order valence-electron chi connectivity index (χ2n) is 4.69. The van der Waals surface area contributed by atoms with Crippen molar-refractivity contribution in [3.63, 3.8) is 0 Å². The van der Waals surface area contributed by atoms with Gasteiger partial charge in [-0.05, 0) is 38.0 Å². The van der Waals surface area contributed by atoms with E-state index in [0.717, 1.165) is 34.0 Å². The van der Waals surface area contributed by atoms with Gasteiger partial charge in [-0.3, -0.25) is 0 Å². The van der Waals surface area contributed by atoms with Crippen LogP contribution in [-0.4, -0.2) is 16.7 Å². The molecule has 1 heterocycles. The lowest BCUT2D eigenvalue weighted by Gasteiger charge is -2.14. The Hall–Kier alpha value is -2.28. The highest BCUT2D eigenvalue weighted by molar-refractivity contribution is 5.76. The Morgan fingerprint density at radius 2 is 1.95 bits per heavy atom. The van der Waals surface area contributed by atoms with Gasteiger partial charge >= 0.3 is 0 Å². The molecule has 0 amide bonds. The third-order valence-corrected chi connectivity index (χ3v) is 3.33. The summed E-state index contributed by atoms with van der Waals surface area (Å²) in [4.78, 5) is 4.29. The van der Waals surface area contributed by atoms with E-state index in [1.54, 1.807) is 7.11 Å². The molecule has 1 aromatic heterocycles. The Labute approximate surface area is 113 Å². The van der Waals surface area contributed by atoms with E-state index in [-0.39, 0.29) is 0 Å². The molecule has 2 aromatic rings. The number of nitriles is 1. The fourth-order valence-corrected chi connectivity index (χ4v) is 2.37. The van der Waals surface area contributed by atoms with E-state index in [4.69, 9.17) is 4.74 Å². The number of aryl methyl sites for hydroxylation is 3. The van der Waals surface area contributed by atoms with Crippen molar-refractivity contribution in [3.8, 4) is 23.1 Å². The molecule has 0 aliphatic heterocycles. The smallest absolute Gasteiger partial charge is 0.166 e. The van der Waals surface area contributed by atoms with Gasteiger partial charge in [0.1, 0.15) is 17.6 Å². The molecule has 19 heavy (non-hydrogen) atoms. The molecule has 4 nitrogen and oxygen atoms in total. The molecule has 0 radical (unpaired) electrons. The van der Waals surface area contributed by atoms with Gasteiger partial charge in [0.2, 0.25) is 0 Å². The van der Waals surface area contributed by atoms with Gasteiger partial charge < -0.3 is 9.30 Å². The van der Waals surface area contributed by atoms with Crippen molar-refractivity contribution in [2.45, 2.75) is 20.8 Å². The summed E-state index contributed by atoms with van der Waals surface area (Å²) in [7, 11) is 3.56. The van der Waals surface area contributed by atoms with Crippen LogP contribution >= 0.6 is 0 Å². The van der Waals surface area contributed by atoms with E-state index in [9.17, 15) is 5.26 Å². The van der Waals surface area contributed by atoms with Crippen molar-refractivity contribution in [1.82, 2.24) is 9.55 Å². The second kappa shape index (κ2) is 4.77. The lowest BCUT2D eigenvalue weighted by atomic mass is 10.0. The van der Waals surface area contributed by atoms with Gasteiger partial charge in [-0.15, -0.1) is 0 Å². The zero-order valence-electron chi connectivity index (χ0n) is 11.9. The summed E-state index contributed by atoms with van der Waals surface area (Å²) in [6.45, 7) is 5.94. The molecule has 0 N–H and O–H groups in total. The molecule has 0 spiro atoms. The van der Waals surface area contributed by atoms with Crippen LogP contribution in [0.15, 0.2) is 12.1 Å². The third kappa shape index (κ3) is 2.08. The first-order valence-electron chi connectivity index (χ1n) is 6.08. The summed E-state index contributed by atoms with van der Waals surface area (Å²) in [5.41, 5.74) is 4.40. The minimum atomic E-state index is 0.435. The molecular weight excluding hydrogens is 238 g/mol. The van der Waals surface area contributed by atoms with Crippen LogP contribution in [0.3, 0.4) is 0 Å². The first-order chi connectivity index (χ1) is 8.99. The highest BCUT2D eigenvalue weighted by Crippen LogP contribution is 2.36. The normalized spacial score (nSPS) is 10.3. The number of imidazole rings is 1. The Balaban J connectivity index is 2.83. The molecule has 0 saturated heterocycles. The average molecular weight is 255 g/mol. The molecule has 4 heteroatoms. The number of hydrogen-bond acceptors (Lipinski definition) is 3. The van der Waals surface area contributed by atoms with E-state index in [1.807, 2.05) is 38.5 Å². The van der Waals surface area contributed by atoms with Gasteiger partial charge in [-0.25, -0.2) is 4.98 Å². The molecule has 0 unspecified atom stereocenters. The van der Waals surface area contributed by atoms with Crippen LogP contribution in [-0.2, 0) is 7.05 Å². The van der Waals surface area contributed by atoms with Crippen LogP contribution in [0.5, 0.6) is 5.75 Å². The maximum atomic E-state index is 9.26. The average Bonchev–Trinajstić information content (AvgIpc) is 2.65. The first kappa shape index (κ1) is 13.2. The largest absolute Gasteiger partial charge is 0.496 e. The van der Waals surface area contributed by atoms with Gasteiger partial charge in [0.05, 0.1) is 12.8 Å². The van der Waals surface area contributed by atoms with Crippen LogP contribution in [0.1, 0.15) is 22.6 Å². The lowest BCUT2D eigenvalue weighted by molar-refractivity contribution is 0.415. The molecular formula is C15H17N3O. The summed E-state index contributed by atoms with van der Waals surface area (Å²) in [6.07, 6.45) is 0. The fourth-order valence-electron chi connectivity index (χ4n) is 2.37. The second-order valence-corrected chi connectivity index (χ2v) is 4.69. The highest BCUT2D eigenvalue weighted by atomic mass is 16.5. The summed E-state index contributed by atoms with van der Waals surface area (Å²) in [5, 5.41) is 9.26. The maximum Gasteiger partial charge on any atom is 0.166 e. The summed E-state index contributed by atoms with van der Waals surface area (Å²) in [5.74, 6) is 1.59. The van der Waals surface area contributed by atoms with E-state index < -0.39 is 0 Å². The van der Waals surface area contributed by atoms with E-state index in [2.05, 4.69) is 17.1 Å². The summed E-state index contributed by atoms with van der Waals surface area (Å²) >= 11 is 0. The van der Waals surface area contributed by atoms with E-state index in [0.29, 0.717) is 5.69 Å². The molecule has 0 aliphatic carbocycles. The molecule has 1 aromatic carbocycles. The van der Waals surface area contributed by atoms with Gasteiger partial charge in [0, 0.05) is 12.6 Å². The zero-order chi connectivity index (χ0) is 14.2. The fraction of sp³-hybridized carbons (Fsp3) is 0.333. The number of rotatable bonds is 2. The summed E-state index contributed by atoms with van der Waals surface area (Å²) in [6, 6.07) is 6.22. The topological polar surface area (TPSA) is 50.8 Å². The standard InChI is InChI=1S/C15H17N3O/c1-9-6-10(2)14(13(7-9)19-5)15-12(8-16)17-11(3)18(15)4/h6-7H,1-5H3. The number of aromatic nitrogens is 2. The monoisotopic (exact) mass is 255 g/mol. The zero-order valence-corrected chi connectivity index (χ0v) is 11.9. The molecule has 0 aliphatic rings. The Morgan fingerprint density at radius 3 is 2.53 bits per heavy atom. The lowest BCUT2D eigenvalue weighted by Crippen LogP contribution is -2.00. The minimum absolute atomic E-state index is 0.435. The van der Waals surface area contributed by atoms with Gasteiger partial charge in [-0.1, -0.05) is 6.07 Å². The Kier molecular flexibility index (Phi) is 3.30. The molecule has 0 saturated carbocycles. The van der Waals surface area contributed by atoms with Crippen LogP contribution in [0, 0.1) is 32.1 Å². The van der Waals surface area contributed by atoms with Crippen molar-refractivity contribution in [2.24, 2.45) is 7.05 Å². The van der Waals surface area contributed by atoms with Crippen LogP contribution in [0.2, 0.25) is 0 Å². The number of hydrogen-bond donors (Lipinski definition) is 0. The Bertz CT molecular complexity index is 678. The van der Waals surface area contributed by atoms with E-state index in [1.165, 1.54) is 0 Å². The molecule has 98 valence electrons. The maximum absolute atomic E-state index is 9.26. The van der Waals surface area contributed by atoms with Crippen LogP contribution in [0.25, 0.3) is 11.3 Å². The van der Waals surface area contributed by atoms with Crippen molar-refractivity contribution in [1.29, 1.82) is 5.26 Å². The first-order valence-corrected chi connectivity index (χ1v) is 6.08. The number of benzene rings is 1. The van der Waals surface area contributed by atoms with Crippen molar-refractivity contribution < 1.29 is 4.74 Å². The SMILES string of the molecule is COc1cc(C)cc(C)c1-c1c(C#N)nc(C)n1C.